The molecule has 2 rings (SSSR count). The van der Waals surface area contributed by atoms with Gasteiger partial charge in [0, 0.05) is 23.5 Å². The van der Waals surface area contributed by atoms with Crippen molar-refractivity contribution in [1.29, 1.82) is 0 Å². The van der Waals surface area contributed by atoms with E-state index in [1.165, 1.54) is 0 Å². The van der Waals surface area contributed by atoms with Crippen molar-refractivity contribution in [3.8, 4) is 17.1 Å². The molecule has 0 aliphatic heterocycles. The molecule has 0 bridgehead atoms. The number of aromatic amines is 1. The predicted octanol–water partition coefficient (Wildman–Crippen LogP) is 2.74. The standard InChI is InChI=1S/C10H9ClN2O/c1-14-10-6-7(5-9(11)13-10)8-3-2-4-12-8/h2-6,12H,1H3. The van der Waals surface area contributed by atoms with E-state index in [-0.39, 0.29) is 0 Å². The lowest BCUT2D eigenvalue weighted by molar-refractivity contribution is 0.398. The summed E-state index contributed by atoms with van der Waals surface area (Å²) in [4.78, 5) is 7.08. The van der Waals surface area contributed by atoms with E-state index in [1.54, 1.807) is 13.2 Å². The summed E-state index contributed by atoms with van der Waals surface area (Å²) in [6.07, 6.45) is 1.86. The van der Waals surface area contributed by atoms with E-state index >= 15 is 0 Å². The van der Waals surface area contributed by atoms with Crippen LogP contribution in [0.5, 0.6) is 5.88 Å². The van der Waals surface area contributed by atoms with Gasteiger partial charge in [-0.15, -0.1) is 0 Å². The van der Waals surface area contributed by atoms with Crippen molar-refractivity contribution in [2.24, 2.45) is 0 Å². The SMILES string of the molecule is COc1cc(-c2ccc[nH]2)cc(Cl)n1. The highest BCUT2D eigenvalue weighted by Gasteiger charge is 2.03. The zero-order valence-corrected chi connectivity index (χ0v) is 8.38. The molecule has 0 spiro atoms. The van der Waals surface area contributed by atoms with Gasteiger partial charge in [-0.05, 0) is 18.2 Å². The number of aromatic nitrogens is 2. The molecule has 0 atom stereocenters. The summed E-state index contributed by atoms with van der Waals surface area (Å²) in [5.74, 6) is 0.516. The van der Waals surface area contributed by atoms with Crippen molar-refractivity contribution < 1.29 is 4.74 Å². The topological polar surface area (TPSA) is 37.9 Å². The van der Waals surface area contributed by atoms with Gasteiger partial charge in [0.15, 0.2) is 0 Å². The van der Waals surface area contributed by atoms with E-state index in [0.717, 1.165) is 11.3 Å². The fourth-order valence-electron chi connectivity index (χ4n) is 1.24. The van der Waals surface area contributed by atoms with Crippen LogP contribution in [0.4, 0.5) is 0 Å². The van der Waals surface area contributed by atoms with Crippen LogP contribution < -0.4 is 4.74 Å². The van der Waals surface area contributed by atoms with Crippen LogP contribution in [-0.4, -0.2) is 17.1 Å². The lowest BCUT2D eigenvalue weighted by Gasteiger charge is -2.02. The lowest BCUT2D eigenvalue weighted by atomic mass is 10.2. The predicted molar refractivity (Wildman–Crippen MR) is 55.6 cm³/mol. The van der Waals surface area contributed by atoms with E-state index in [0.29, 0.717) is 11.0 Å². The molecule has 0 amide bonds. The summed E-state index contributed by atoms with van der Waals surface area (Å²) in [6.45, 7) is 0. The minimum absolute atomic E-state index is 0.425. The Morgan fingerprint density at radius 2 is 2.29 bits per heavy atom. The molecule has 0 saturated heterocycles. The number of pyridine rings is 1. The van der Waals surface area contributed by atoms with Crippen LogP contribution in [0.3, 0.4) is 0 Å². The van der Waals surface area contributed by atoms with Crippen LogP contribution in [0.2, 0.25) is 5.15 Å². The Kier molecular flexibility index (Phi) is 2.41. The molecule has 0 saturated carbocycles. The van der Waals surface area contributed by atoms with Crippen molar-refractivity contribution >= 4 is 11.6 Å². The number of hydrogen-bond acceptors (Lipinski definition) is 2. The number of rotatable bonds is 2. The van der Waals surface area contributed by atoms with Gasteiger partial charge >= 0.3 is 0 Å². The van der Waals surface area contributed by atoms with Crippen LogP contribution in [0.25, 0.3) is 11.3 Å². The van der Waals surface area contributed by atoms with Gasteiger partial charge in [0.05, 0.1) is 7.11 Å². The number of halogens is 1. The van der Waals surface area contributed by atoms with Gasteiger partial charge in [-0.25, -0.2) is 4.98 Å². The minimum atomic E-state index is 0.425. The Bertz CT molecular complexity index is 426. The van der Waals surface area contributed by atoms with E-state index < -0.39 is 0 Å². The maximum absolute atomic E-state index is 5.84. The summed E-state index contributed by atoms with van der Waals surface area (Å²) in [7, 11) is 1.57. The molecular formula is C10H9ClN2O. The third kappa shape index (κ3) is 1.72. The molecule has 3 nitrogen and oxygen atoms in total. The molecule has 1 N–H and O–H groups in total. The zero-order chi connectivity index (χ0) is 9.97. The third-order valence-corrected chi connectivity index (χ3v) is 2.08. The highest BCUT2D eigenvalue weighted by molar-refractivity contribution is 6.29. The van der Waals surface area contributed by atoms with E-state index in [4.69, 9.17) is 16.3 Å². The number of ether oxygens (including phenoxy) is 1. The van der Waals surface area contributed by atoms with Gasteiger partial charge in [-0.1, -0.05) is 11.6 Å². The zero-order valence-electron chi connectivity index (χ0n) is 7.62. The Morgan fingerprint density at radius 1 is 1.43 bits per heavy atom. The Hall–Kier alpha value is -1.48. The van der Waals surface area contributed by atoms with E-state index in [9.17, 15) is 0 Å². The summed E-state index contributed by atoms with van der Waals surface area (Å²) in [6, 6.07) is 7.51. The molecule has 2 aromatic rings. The van der Waals surface area contributed by atoms with Crippen molar-refractivity contribution in [1.82, 2.24) is 9.97 Å². The molecule has 2 aromatic heterocycles. The van der Waals surface area contributed by atoms with Crippen molar-refractivity contribution in [3.05, 3.63) is 35.6 Å². The summed E-state index contributed by atoms with van der Waals surface area (Å²) in [5.41, 5.74) is 1.96. The average molecular weight is 209 g/mol. The number of H-pyrrole nitrogens is 1. The van der Waals surface area contributed by atoms with Gasteiger partial charge in [-0.2, -0.15) is 0 Å². The first-order valence-corrected chi connectivity index (χ1v) is 4.53. The second-order valence-corrected chi connectivity index (χ2v) is 3.19. The average Bonchev–Trinajstić information content (AvgIpc) is 2.69. The van der Waals surface area contributed by atoms with E-state index in [2.05, 4.69) is 9.97 Å². The second-order valence-electron chi connectivity index (χ2n) is 2.80. The number of methoxy groups -OCH3 is 1. The van der Waals surface area contributed by atoms with Gasteiger partial charge < -0.3 is 9.72 Å². The number of nitrogens with one attached hydrogen (secondary N) is 1. The Balaban J connectivity index is 2.48. The van der Waals surface area contributed by atoms with Gasteiger partial charge in [-0.3, -0.25) is 0 Å². The van der Waals surface area contributed by atoms with Gasteiger partial charge in [0.25, 0.3) is 0 Å². The smallest absolute Gasteiger partial charge is 0.215 e. The Morgan fingerprint density at radius 3 is 2.93 bits per heavy atom. The first kappa shape index (κ1) is 9.09. The van der Waals surface area contributed by atoms with Crippen LogP contribution >= 0.6 is 11.6 Å². The molecule has 0 aliphatic rings. The summed E-state index contributed by atoms with van der Waals surface area (Å²) in [5, 5.41) is 0.425. The van der Waals surface area contributed by atoms with E-state index in [1.807, 2.05) is 24.4 Å². The monoisotopic (exact) mass is 208 g/mol. The van der Waals surface area contributed by atoms with Crippen LogP contribution in [-0.2, 0) is 0 Å². The molecule has 0 aliphatic carbocycles. The number of nitrogens with zero attached hydrogens (tertiary/aromatic N) is 1. The second kappa shape index (κ2) is 3.72. The largest absolute Gasteiger partial charge is 0.481 e. The maximum Gasteiger partial charge on any atom is 0.215 e. The summed E-state index contributed by atoms with van der Waals surface area (Å²) < 4.78 is 5.02. The fourth-order valence-corrected chi connectivity index (χ4v) is 1.44. The molecule has 0 fully saturated rings. The highest BCUT2D eigenvalue weighted by atomic mass is 35.5. The number of hydrogen-bond donors (Lipinski definition) is 1. The quantitative estimate of drug-likeness (QED) is 0.771. The van der Waals surface area contributed by atoms with Crippen LogP contribution in [0, 0.1) is 0 Å². The molecular weight excluding hydrogens is 200 g/mol. The maximum atomic E-state index is 5.84. The molecule has 0 aromatic carbocycles. The molecule has 4 heteroatoms. The highest BCUT2D eigenvalue weighted by Crippen LogP contribution is 2.24. The van der Waals surface area contributed by atoms with Crippen LogP contribution in [0.1, 0.15) is 0 Å². The molecule has 2 heterocycles. The van der Waals surface area contributed by atoms with Gasteiger partial charge in [0.1, 0.15) is 5.15 Å². The van der Waals surface area contributed by atoms with Gasteiger partial charge in [0.2, 0.25) is 5.88 Å². The lowest BCUT2D eigenvalue weighted by Crippen LogP contribution is -1.89. The Labute approximate surface area is 86.7 Å². The first-order valence-electron chi connectivity index (χ1n) is 4.15. The summed E-state index contributed by atoms with van der Waals surface area (Å²) >= 11 is 5.84. The molecule has 0 unspecified atom stereocenters. The normalized spacial score (nSPS) is 10.1. The minimum Gasteiger partial charge on any atom is -0.481 e. The fraction of sp³-hybridized carbons (Fsp3) is 0.100. The van der Waals surface area contributed by atoms with Crippen molar-refractivity contribution in [3.63, 3.8) is 0 Å². The molecule has 72 valence electrons. The first-order chi connectivity index (χ1) is 6.79. The van der Waals surface area contributed by atoms with Crippen molar-refractivity contribution in [2.45, 2.75) is 0 Å². The molecule has 14 heavy (non-hydrogen) atoms. The third-order valence-electron chi connectivity index (χ3n) is 1.89. The van der Waals surface area contributed by atoms with Crippen LogP contribution in [0.15, 0.2) is 30.5 Å². The van der Waals surface area contributed by atoms with Crippen molar-refractivity contribution in [2.75, 3.05) is 7.11 Å². The molecule has 0 radical (unpaired) electrons.